The van der Waals surface area contributed by atoms with Gasteiger partial charge in [-0.2, -0.15) is 0 Å². The van der Waals surface area contributed by atoms with Crippen molar-refractivity contribution in [2.75, 3.05) is 46.0 Å². The van der Waals surface area contributed by atoms with Crippen LogP contribution in [-0.2, 0) is 14.3 Å². The Hall–Kier alpha value is -3.13. The lowest BCUT2D eigenvalue weighted by molar-refractivity contribution is -0.140. The smallest absolute Gasteiger partial charge is 0.295 e. The maximum absolute atomic E-state index is 13.1. The molecule has 1 atom stereocenters. The fourth-order valence-electron chi connectivity index (χ4n) is 4.20. The van der Waals surface area contributed by atoms with Gasteiger partial charge >= 0.3 is 0 Å². The van der Waals surface area contributed by atoms with Gasteiger partial charge in [-0.25, -0.2) is 0 Å². The molecule has 34 heavy (non-hydrogen) atoms. The van der Waals surface area contributed by atoms with Gasteiger partial charge in [0.05, 0.1) is 24.8 Å². The van der Waals surface area contributed by atoms with E-state index in [1.807, 2.05) is 12.1 Å². The first kappa shape index (κ1) is 24.0. The topological polar surface area (TPSA) is 79.3 Å². The van der Waals surface area contributed by atoms with Crippen molar-refractivity contribution in [1.29, 1.82) is 0 Å². The Morgan fingerprint density at radius 2 is 1.76 bits per heavy atom. The van der Waals surface area contributed by atoms with Gasteiger partial charge in [0.25, 0.3) is 11.7 Å². The van der Waals surface area contributed by atoms with E-state index in [1.54, 1.807) is 47.4 Å². The Morgan fingerprint density at radius 1 is 1.09 bits per heavy atom. The van der Waals surface area contributed by atoms with Crippen LogP contribution < -0.4 is 4.74 Å². The molecule has 2 aliphatic heterocycles. The van der Waals surface area contributed by atoms with Crippen LogP contribution in [-0.4, -0.2) is 72.6 Å². The summed E-state index contributed by atoms with van der Waals surface area (Å²) in [5.41, 5.74) is 1.20. The third-order valence-electron chi connectivity index (χ3n) is 5.98. The largest absolute Gasteiger partial charge is 0.507 e. The zero-order chi connectivity index (χ0) is 24.1. The third-order valence-corrected chi connectivity index (χ3v) is 6.23. The molecule has 2 fully saturated rings. The molecule has 7 nitrogen and oxygen atoms in total. The quantitative estimate of drug-likeness (QED) is 0.268. The van der Waals surface area contributed by atoms with Crippen LogP contribution in [0.25, 0.3) is 5.76 Å². The molecule has 2 aliphatic rings. The first-order chi connectivity index (χ1) is 16.5. The number of ketones is 1. The van der Waals surface area contributed by atoms with Crippen LogP contribution in [0, 0.1) is 0 Å². The fraction of sp³-hybridized carbons (Fsp3) is 0.308. The van der Waals surface area contributed by atoms with Gasteiger partial charge in [0.15, 0.2) is 0 Å². The highest BCUT2D eigenvalue weighted by Gasteiger charge is 2.46. The lowest BCUT2D eigenvalue weighted by Crippen LogP contribution is -2.42. The van der Waals surface area contributed by atoms with Crippen molar-refractivity contribution in [1.82, 2.24) is 9.80 Å². The Morgan fingerprint density at radius 3 is 2.41 bits per heavy atom. The van der Waals surface area contributed by atoms with Crippen LogP contribution in [0.3, 0.4) is 0 Å². The van der Waals surface area contributed by atoms with Crippen molar-refractivity contribution in [3.8, 4) is 5.75 Å². The van der Waals surface area contributed by atoms with Gasteiger partial charge in [0, 0.05) is 36.8 Å². The molecule has 0 spiro atoms. The molecule has 1 amide bonds. The summed E-state index contributed by atoms with van der Waals surface area (Å²) < 4.78 is 11.0. The van der Waals surface area contributed by atoms with E-state index in [2.05, 4.69) is 11.5 Å². The van der Waals surface area contributed by atoms with E-state index in [4.69, 9.17) is 21.1 Å². The minimum Gasteiger partial charge on any atom is -0.507 e. The number of aliphatic hydroxyl groups is 1. The Balaban J connectivity index is 1.70. The standard InChI is InChI=1S/C26H27ClN2O5/c1-2-15-34-21-9-5-18(6-10-21)23-22(24(30)19-3-7-20(27)8-4-19)25(31)26(32)29(23)12-11-28-13-16-33-17-14-28/h2-10,23,30H,1,11-17H2/t23-/m1/s1. The number of hydrogen-bond acceptors (Lipinski definition) is 6. The predicted molar refractivity (Wildman–Crippen MR) is 130 cm³/mol. The molecule has 8 heteroatoms. The molecule has 0 bridgehead atoms. The number of aliphatic hydroxyl groups excluding tert-OH is 1. The van der Waals surface area contributed by atoms with Crippen LogP contribution >= 0.6 is 11.6 Å². The van der Waals surface area contributed by atoms with Crippen molar-refractivity contribution in [3.63, 3.8) is 0 Å². The fourth-order valence-corrected chi connectivity index (χ4v) is 4.32. The molecule has 0 radical (unpaired) electrons. The molecule has 0 unspecified atom stereocenters. The zero-order valence-corrected chi connectivity index (χ0v) is 19.5. The number of hydrogen-bond donors (Lipinski definition) is 1. The molecule has 0 aromatic heterocycles. The summed E-state index contributed by atoms with van der Waals surface area (Å²) in [4.78, 5) is 30.0. The summed E-state index contributed by atoms with van der Waals surface area (Å²) in [6, 6.07) is 13.0. The second-order valence-electron chi connectivity index (χ2n) is 8.12. The lowest BCUT2D eigenvalue weighted by Gasteiger charge is -2.31. The molecule has 4 rings (SSSR count). The first-order valence-electron chi connectivity index (χ1n) is 11.2. The second kappa shape index (κ2) is 10.9. The maximum atomic E-state index is 13.1. The first-order valence-corrected chi connectivity index (χ1v) is 11.6. The minimum atomic E-state index is -0.717. The number of halogens is 1. The van der Waals surface area contributed by atoms with E-state index in [0.29, 0.717) is 54.8 Å². The number of carbonyl (C=O) groups excluding carboxylic acids is 2. The summed E-state index contributed by atoms with van der Waals surface area (Å²) in [6.07, 6.45) is 1.65. The number of amides is 1. The number of carbonyl (C=O) groups is 2. The van der Waals surface area contributed by atoms with Crippen LogP contribution in [0.5, 0.6) is 5.75 Å². The monoisotopic (exact) mass is 482 g/mol. The highest BCUT2D eigenvalue weighted by atomic mass is 35.5. The van der Waals surface area contributed by atoms with Gasteiger partial charge in [0.1, 0.15) is 18.1 Å². The van der Waals surface area contributed by atoms with Crippen LogP contribution in [0.2, 0.25) is 5.02 Å². The minimum absolute atomic E-state index is 0.0639. The number of nitrogens with zero attached hydrogens (tertiary/aromatic N) is 2. The predicted octanol–water partition coefficient (Wildman–Crippen LogP) is 3.66. The van der Waals surface area contributed by atoms with Gasteiger partial charge in [-0.05, 0) is 42.0 Å². The molecular formula is C26H27ClN2O5. The molecule has 2 aromatic carbocycles. The molecule has 1 N–H and O–H groups in total. The second-order valence-corrected chi connectivity index (χ2v) is 8.56. The lowest BCUT2D eigenvalue weighted by atomic mass is 9.95. The average molecular weight is 483 g/mol. The molecular weight excluding hydrogens is 456 g/mol. The summed E-state index contributed by atoms with van der Waals surface area (Å²) >= 11 is 5.98. The summed E-state index contributed by atoms with van der Waals surface area (Å²) in [5, 5.41) is 11.6. The molecule has 0 saturated carbocycles. The van der Waals surface area contributed by atoms with E-state index in [1.165, 1.54) is 0 Å². The highest BCUT2D eigenvalue weighted by molar-refractivity contribution is 6.46. The number of benzene rings is 2. The van der Waals surface area contributed by atoms with Gasteiger partial charge < -0.3 is 19.5 Å². The van der Waals surface area contributed by atoms with Gasteiger partial charge in [-0.15, -0.1) is 0 Å². The number of Topliss-reactive ketones (excluding diaryl/α,β-unsaturated/α-hetero) is 1. The van der Waals surface area contributed by atoms with Gasteiger partial charge in [-0.1, -0.05) is 36.4 Å². The summed E-state index contributed by atoms with van der Waals surface area (Å²) in [7, 11) is 0. The number of morpholine rings is 1. The van der Waals surface area contributed by atoms with E-state index in [-0.39, 0.29) is 11.3 Å². The van der Waals surface area contributed by atoms with Crippen molar-refractivity contribution in [2.45, 2.75) is 6.04 Å². The highest BCUT2D eigenvalue weighted by Crippen LogP contribution is 2.39. The zero-order valence-electron chi connectivity index (χ0n) is 18.8. The molecule has 2 saturated heterocycles. The number of rotatable bonds is 8. The normalized spacial score (nSPS) is 20.5. The summed E-state index contributed by atoms with van der Waals surface area (Å²) in [6.45, 7) is 7.80. The molecule has 2 heterocycles. The average Bonchev–Trinajstić information content (AvgIpc) is 3.12. The molecule has 178 valence electrons. The van der Waals surface area contributed by atoms with Gasteiger partial charge in [0.2, 0.25) is 0 Å². The van der Waals surface area contributed by atoms with E-state index in [9.17, 15) is 14.7 Å². The van der Waals surface area contributed by atoms with Crippen LogP contribution in [0.1, 0.15) is 17.2 Å². The summed E-state index contributed by atoms with van der Waals surface area (Å²) in [5.74, 6) is -0.903. The Kier molecular flexibility index (Phi) is 7.67. The van der Waals surface area contributed by atoms with Crippen molar-refractivity contribution in [3.05, 3.63) is 82.9 Å². The molecule has 0 aliphatic carbocycles. The SMILES string of the molecule is C=CCOc1ccc([C@@H]2C(=C(O)c3ccc(Cl)cc3)C(=O)C(=O)N2CCN2CCOCC2)cc1. The van der Waals surface area contributed by atoms with E-state index < -0.39 is 17.7 Å². The number of likely N-dealkylation sites (tertiary alicyclic amines) is 1. The van der Waals surface area contributed by atoms with Crippen molar-refractivity contribution >= 4 is 29.1 Å². The van der Waals surface area contributed by atoms with E-state index >= 15 is 0 Å². The maximum Gasteiger partial charge on any atom is 0.295 e. The van der Waals surface area contributed by atoms with Gasteiger partial charge in [-0.3, -0.25) is 14.5 Å². The third kappa shape index (κ3) is 5.17. The van der Waals surface area contributed by atoms with Crippen molar-refractivity contribution in [2.24, 2.45) is 0 Å². The van der Waals surface area contributed by atoms with Crippen LogP contribution in [0.15, 0.2) is 66.8 Å². The van der Waals surface area contributed by atoms with E-state index in [0.717, 1.165) is 13.1 Å². The molecule has 2 aromatic rings. The van der Waals surface area contributed by atoms with Crippen LogP contribution in [0.4, 0.5) is 0 Å². The number of ether oxygens (including phenoxy) is 2. The Bertz CT molecular complexity index is 1080. The Labute approximate surface area is 203 Å². The van der Waals surface area contributed by atoms with Crippen molar-refractivity contribution < 1.29 is 24.2 Å².